The third-order valence-corrected chi connectivity index (χ3v) is 3.48. The van der Waals surface area contributed by atoms with Crippen LogP contribution in [-0.4, -0.2) is 9.78 Å². The minimum absolute atomic E-state index is 0.0802. The van der Waals surface area contributed by atoms with Crippen molar-refractivity contribution in [2.45, 2.75) is 25.2 Å². The van der Waals surface area contributed by atoms with Gasteiger partial charge in [-0.1, -0.05) is 11.6 Å². The maximum atomic E-state index is 13.2. The van der Waals surface area contributed by atoms with E-state index in [0.717, 1.165) is 29.9 Å². The molecule has 1 saturated carbocycles. The first-order valence-electron chi connectivity index (χ1n) is 6.10. The SMILES string of the molecule is N#CCc1cc(C2CC2)n(-c2ccc(F)c(Cl)c2)n1. The number of aromatic nitrogens is 2. The zero-order valence-corrected chi connectivity index (χ0v) is 10.9. The Morgan fingerprint density at radius 3 is 2.84 bits per heavy atom. The fourth-order valence-corrected chi connectivity index (χ4v) is 2.28. The summed E-state index contributed by atoms with van der Waals surface area (Å²) in [7, 11) is 0. The number of nitrogens with zero attached hydrogens (tertiary/aromatic N) is 3. The Morgan fingerprint density at radius 1 is 1.42 bits per heavy atom. The van der Waals surface area contributed by atoms with Crippen molar-refractivity contribution >= 4 is 11.6 Å². The molecule has 0 radical (unpaired) electrons. The molecular formula is C14H11ClFN3. The number of benzene rings is 1. The third-order valence-electron chi connectivity index (χ3n) is 3.19. The lowest BCUT2D eigenvalue weighted by Gasteiger charge is -2.07. The molecule has 19 heavy (non-hydrogen) atoms. The van der Waals surface area contributed by atoms with Gasteiger partial charge in [-0.25, -0.2) is 9.07 Å². The van der Waals surface area contributed by atoms with Gasteiger partial charge in [-0.2, -0.15) is 10.4 Å². The van der Waals surface area contributed by atoms with Crippen LogP contribution in [0.2, 0.25) is 5.02 Å². The molecule has 0 saturated heterocycles. The van der Waals surface area contributed by atoms with Crippen LogP contribution in [-0.2, 0) is 6.42 Å². The summed E-state index contributed by atoms with van der Waals surface area (Å²) in [4.78, 5) is 0. The first kappa shape index (κ1) is 12.2. The van der Waals surface area contributed by atoms with E-state index in [1.807, 2.05) is 6.07 Å². The molecule has 0 aliphatic heterocycles. The molecule has 96 valence electrons. The van der Waals surface area contributed by atoms with Gasteiger partial charge in [-0.3, -0.25) is 0 Å². The van der Waals surface area contributed by atoms with Crippen LogP contribution in [0.5, 0.6) is 0 Å². The normalized spacial score (nSPS) is 14.4. The van der Waals surface area contributed by atoms with Crippen molar-refractivity contribution in [3.8, 4) is 11.8 Å². The smallest absolute Gasteiger partial charge is 0.141 e. The summed E-state index contributed by atoms with van der Waals surface area (Å²) in [6.45, 7) is 0. The van der Waals surface area contributed by atoms with Crippen LogP contribution >= 0.6 is 11.6 Å². The molecule has 0 amide bonds. The van der Waals surface area contributed by atoms with E-state index >= 15 is 0 Å². The monoisotopic (exact) mass is 275 g/mol. The van der Waals surface area contributed by atoms with E-state index in [-0.39, 0.29) is 11.4 Å². The predicted molar refractivity (Wildman–Crippen MR) is 69.8 cm³/mol. The Balaban J connectivity index is 2.07. The Bertz CT molecular complexity index is 668. The summed E-state index contributed by atoms with van der Waals surface area (Å²) in [6, 6.07) is 8.59. The highest BCUT2D eigenvalue weighted by molar-refractivity contribution is 6.30. The Kier molecular flexibility index (Phi) is 3.00. The van der Waals surface area contributed by atoms with Crippen molar-refractivity contribution in [1.29, 1.82) is 5.26 Å². The van der Waals surface area contributed by atoms with Crippen LogP contribution in [0, 0.1) is 17.1 Å². The zero-order chi connectivity index (χ0) is 13.4. The maximum absolute atomic E-state index is 13.2. The van der Waals surface area contributed by atoms with Crippen LogP contribution in [0.3, 0.4) is 0 Å². The van der Waals surface area contributed by atoms with Crippen LogP contribution in [0.25, 0.3) is 5.69 Å². The quantitative estimate of drug-likeness (QED) is 0.859. The topological polar surface area (TPSA) is 41.6 Å². The van der Waals surface area contributed by atoms with Crippen molar-refractivity contribution in [3.05, 3.63) is 46.5 Å². The first-order valence-corrected chi connectivity index (χ1v) is 6.48. The van der Waals surface area contributed by atoms with Gasteiger partial charge in [0.25, 0.3) is 0 Å². The van der Waals surface area contributed by atoms with Gasteiger partial charge in [0.15, 0.2) is 0 Å². The van der Waals surface area contributed by atoms with Crippen LogP contribution in [0.1, 0.15) is 30.1 Å². The lowest BCUT2D eigenvalue weighted by atomic mass is 10.2. The number of nitriles is 1. The summed E-state index contributed by atoms with van der Waals surface area (Å²) in [6.07, 6.45) is 2.54. The molecule has 1 aromatic heterocycles. The third kappa shape index (κ3) is 2.34. The Morgan fingerprint density at radius 2 is 2.21 bits per heavy atom. The van der Waals surface area contributed by atoms with Gasteiger partial charge < -0.3 is 0 Å². The second kappa shape index (κ2) is 4.67. The Labute approximate surface area is 115 Å². The van der Waals surface area contributed by atoms with Gasteiger partial charge in [0.2, 0.25) is 0 Å². The molecule has 5 heteroatoms. The molecule has 3 nitrogen and oxygen atoms in total. The average Bonchev–Trinajstić information content (AvgIpc) is 3.15. The second-order valence-electron chi connectivity index (χ2n) is 4.68. The van der Waals surface area contributed by atoms with E-state index in [4.69, 9.17) is 16.9 Å². The first-order chi connectivity index (χ1) is 9.19. The number of hydrogen-bond donors (Lipinski definition) is 0. The largest absolute Gasteiger partial charge is 0.237 e. The van der Waals surface area contributed by atoms with Crippen molar-refractivity contribution in [2.24, 2.45) is 0 Å². The van der Waals surface area contributed by atoms with Crippen molar-refractivity contribution in [3.63, 3.8) is 0 Å². The summed E-state index contributed by atoms with van der Waals surface area (Å²) in [5, 5.41) is 13.3. The molecule has 1 aliphatic carbocycles. The van der Waals surface area contributed by atoms with E-state index in [1.54, 1.807) is 16.8 Å². The second-order valence-corrected chi connectivity index (χ2v) is 5.09. The Hall–Kier alpha value is -1.86. The highest BCUT2D eigenvalue weighted by atomic mass is 35.5. The number of hydrogen-bond acceptors (Lipinski definition) is 2. The minimum Gasteiger partial charge on any atom is -0.237 e. The standard InChI is InChI=1S/C14H11ClFN3/c15-12-8-11(3-4-13(12)16)19-14(9-1-2-9)7-10(18-19)5-6-17/h3-4,7-9H,1-2,5H2. The summed E-state index contributed by atoms with van der Waals surface area (Å²) in [5.41, 5.74) is 2.55. The van der Waals surface area contributed by atoms with Gasteiger partial charge in [0.1, 0.15) is 5.82 Å². The summed E-state index contributed by atoms with van der Waals surface area (Å²) < 4.78 is 15.0. The molecular weight excluding hydrogens is 265 g/mol. The van der Waals surface area contributed by atoms with Gasteiger partial charge in [-0.05, 0) is 37.1 Å². The summed E-state index contributed by atoms with van der Waals surface area (Å²) in [5.74, 6) is 0.0477. The minimum atomic E-state index is -0.442. The molecule has 3 rings (SSSR count). The van der Waals surface area contributed by atoms with E-state index in [9.17, 15) is 4.39 Å². The maximum Gasteiger partial charge on any atom is 0.141 e. The molecule has 1 heterocycles. The van der Waals surface area contributed by atoms with E-state index in [1.165, 1.54) is 6.07 Å². The molecule has 0 N–H and O–H groups in total. The van der Waals surface area contributed by atoms with Crippen LogP contribution in [0.15, 0.2) is 24.3 Å². The highest BCUT2D eigenvalue weighted by Gasteiger charge is 2.28. The molecule has 1 aromatic carbocycles. The zero-order valence-electron chi connectivity index (χ0n) is 10.1. The van der Waals surface area contributed by atoms with Crippen LogP contribution < -0.4 is 0 Å². The fraction of sp³-hybridized carbons (Fsp3) is 0.286. The van der Waals surface area contributed by atoms with Crippen molar-refractivity contribution in [1.82, 2.24) is 9.78 Å². The molecule has 0 atom stereocenters. The molecule has 0 bridgehead atoms. The number of halogens is 2. The molecule has 2 aromatic rings. The van der Waals surface area contributed by atoms with E-state index in [2.05, 4.69) is 11.2 Å². The van der Waals surface area contributed by atoms with Gasteiger partial charge in [0.05, 0.1) is 28.9 Å². The lowest BCUT2D eigenvalue weighted by molar-refractivity contribution is 0.627. The van der Waals surface area contributed by atoms with Crippen LogP contribution in [0.4, 0.5) is 4.39 Å². The lowest BCUT2D eigenvalue weighted by Crippen LogP contribution is -2.01. The molecule has 1 aliphatic rings. The summed E-state index contributed by atoms with van der Waals surface area (Å²) >= 11 is 5.81. The van der Waals surface area contributed by atoms with Gasteiger partial charge in [-0.15, -0.1) is 0 Å². The van der Waals surface area contributed by atoms with Crippen molar-refractivity contribution < 1.29 is 4.39 Å². The van der Waals surface area contributed by atoms with Gasteiger partial charge >= 0.3 is 0 Å². The predicted octanol–water partition coefficient (Wildman–Crippen LogP) is 3.61. The number of rotatable bonds is 3. The molecule has 0 unspecified atom stereocenters. The molecule has 0 spiro atoms. The van der Waals surface area contributed by atoms with Gasteiger partial charge in [0, 0.05) is 11.6 Å². The molecule has 1 fully saturated rings. The van der Waals surface area contributed by atoms with E-state index in [0.29, 0.717) is 5.92 Å². The highest BCUT2D eigenvalue weighted by Crippen LogP contribution is 2.41. The fourth-order valence-electron chi connectivity index (χ4n) is 2.11. The van der Waals surface area contributed by atoms with Crippen molar-refractivity contribution in [2.75, 3.05) is 0 Å². The van der Waals surface area contributed by atoms with E-state index < -0.39 is 5.82 Å². The average molecular weight is 276 g/mol.